The largest absolute Gasteiger partial charge is 0.396 e. The Labute approximate surface area is 152 Å². The topological polar surface area (TPSA) is 89.2 Å². The van der Waals surface area contributed by atoms with Crippen molar-refractivity contribution < 1.29 is 13.9 Å². The second-order valence-corrected chi connectivity index (χ2v) is 6.18. The van der Waals surface area contributed by atoms with Gasteiger partial charge in [-0.2, -0.15) is 4.39 Å². The van der Waals surface area contributed by atoms with Crippen LogP contribution in [0.3, 0.4) is 0 Å². The average molecular weight is 376 g/mol. The van der Waals surface area contributed by atoms with E-state index in [0.717, 1.165) is 4.57 Å². The van der Waals surface area contributed by atoms with Gasteiger partial charge in [-0.3, -0.25) is 18.7 Å². The molecule has 0 saturated heterocycles. The van der Waals surface area contributed by atoms with Gasteiger partial charge in [-0.25, -0.2) is 9.37 Å². The van der Waals surface area contributed by atoms with E-state index in [1.54, 1.807) is 13.0 Å². The summed E-state index contributed by atoms with van der Waals surface area (Å²) in [6.07, 6.45) is 1.53. The number of hydrogen-bond donors (Lipinski definition) is 2. The fourth-order valence-electron chi connectivity index (χ4n) is 2.79. The summed E-state index contributed by atoms with van der Waals surface area (Å²) < 4.78 is 31.1. The molecule has 2 heterocycles. The van der Waals surface area contributed by atoms with Crippen LogP contribution < -0.4 is 16.4 Å². The van der Waals surface area contributed by atoms with Gasteiger partial charge in [-0.1, -0.05) is 6.07 Å². The smallest absolute Gasteiger partial charge is 0.290 e. The van der Waals surface area contributed by atoms with Gasteiger partial charge in [0.25, 0.3) is 11.1 Å². The van der Waals surface area contributed by atoms with E-state index in [-0.39, 0.29) is 29.9 Å². The van der Waals surface area contributed by atoms with Crippen LogP contribution in [0.2, 0.25) is 0 Å². The van der Waals surface area contributed by atoms with E-state index in [0.29, 0.717) is 12.0 Å². The highest BCUT2D eigenvalue weighted by molar-refractivity contribution is 5.90. The maximum atomic E-state index is 14.7. The minimum absolute atomic E-state index is 0.0262. The zero-order valence-electron chi connectivity index (χ0n) is 14.8. The highest BCUT2D eigenvalue weighted by Gasteiger charge is 2.21. The van der Waals surface area contributed by atoms with Crippen LogP contribution >= 0.6 is 0 Å². The third-order valence-electron chi connectivity index (χ3n) is 4.24. The van der Waals surface area contributed by atoms with Crippen LogP contribution in [-0.2, 0) is 13.6 Å². The Balaban J connectivity index is 2.29. The predicted octanol–water partition coefficient (Wildman–Crippen LogP) is 1.81. The standard InChI is InChI=1S/C18H18F2N4O3/c1-10-4-5-12(11(19)8-10)22-15-13-16(23(2)18(27)14(15)20)21-9-24(17(13)26)6-3-7-25/h4-5,8-9,22,25H,3,6-7H2,1-2H3. The van der Waals surface area contributed by atoms with Crippen LogP contribution in [0.5, 0.6) is 0 Å². The number of halogens is 2. The zero-order chi connectivity index (χ0) is 19.7. The number of aryl methyl sites for hydroxylation is 3. The number of nitrogens with one attached hydrogen (secondary N) is 1. The molecule has 0 spiro atoms. The Morgan fingerprint density at radius 1 is 1.22 bits per heavy atom. The van der Waals surface area contributed by atoms with Gasteiger partial charge in [0.1, 0.15) is 11.2 Å². The van der Waals surface area contributed by atoms with Crippen LogP contribution in [0.4, 0.5) is 20.2 Å². The molecule has 0 amide bonds. The number of fused-ring (bicyclic) bond motifs is 1. The second kappa shape index (κ2) is 7.28. The molecule has 0 aliphatic rings. The summed E-state index contributed by atoms with van der Waals surface area (Å²) in [6.45, 7) is 1.73. The van der Waals surface area contributed by atoms with Crippen molar-refractivity contribution in [3.05, 3.63) is 62.4 Å². The van der Waals surface area contributed by atoms with Crippen LogP contribution in [0.15, 0.2) is 34.1 Å². The van der Waals surface area contributed by atoms with Gasteiger partial charge in [-0.05, 0) is 31.0 Å². The molecule has 0 atom stereocenters. The molecule has 2 N–H and O–H groups in total. The molecule has 1 aromatic carbocycles. The number of hydrogen-bond acceptors (Lipinski definition) is 5. The third-order valence-corrected chi connectivity index (χ3v) is 4.24. The van der Waals surface area contributed by atoms with Gasteiger partial charge in [0.15, 0.2) is 5.65 Å². The predicted molar refractivity (Wildman–Crippen MR) is 97.3 cm³/mol. The number of aromatic nitrogens is 3. The lowest BCUT2D eigenvalue weighted by molar-refractivity contribution is 0.279. The molecule has 0 radical (unpaired) electrons. The molecule has 9 heteroatoms. The van der Waals surface area contributed by atoms with Crippen molar-refractivity contribution in [2.24, 2.45) is 7.05 Å². The number of benzene rings is 1. The summed E-state index contributed by atoms with van der Waals surface area (Å²) in [5, 5.41) is 11.3. The fourth-order valence-corrected chi connectivity index (χ4v) is 2.79. The molecular weight excluding hydrogens is 358 g/mol. The highest BCUT2D eigenvalue weighted by Crippen LogP contribution is 2.26. The number of pyridine rings is 1. The molecule has 0 aliphatic carbocycles. The molecule has 0 saturated carbocycles. The lowest BCUT2D eigenvalue weighted by atomic mass is 10.2. The van der Waals surface area contributed by atoms with E-state index in [2.05, 4.69) is 10.3 Å². The number of nitrogens with zero attached hydrogens (tertiary/aromatic N) is 3. The normalized spacial score (nSPS) is 11.1. The summed E-state index contributed by atoms with van der Waals surface area (Å²) in [6, 6.07) is 4.26. The average Bonchev–Trinajstić information content (AvgIpc) is 2.64. The molecule has 27 heavy (non-hydrogen) atoms. The van der Waals surface area contributed by atoms with Crippen molar-refractivity contribution in [3.8, 4) is 0 Å². The fraction of sp³-hybridized carbons (Fsp3) is 0.278. The van der Waals surface area contributed by atoms with Gasteiger partial charge in [0, 0.05) is 20.2 Å². The molecule has 0 unspecified atom stereocenters. The molecule has 0 bridgehead atoms. The molecule has 3 rings (SSSR count). The van der Waals surface area contributed by atoms with Crippen molar-refractivity contribution in [3.63, 3.8) is 0 Å². The summed E-state index contributed by atoms with van der Waals surface area (Å²) >= 11 is 0. The minimum atomic E-state index is -1.20. The summed E-state index contributed by atoms with van der Waals surface area (Å²) in [5.41, 5.74) is -1.44. The number of rotatable bonds is 5. The lowest BCUT2D eigenvalue weighted by Gasteiger charge is -2.14. The Morgan fingerprint density at radius 3 is 2.63 bits per heavy atom. The van der Waals surface area contributed by atoms with E-state index >= 15 is 0 Å². The third kappa shape index (κ3) is 3.33. The summed E-state index contributed by atoms with van der Waals surface area (Å²) in [4.78, 5) is 29.1. The zero-order valence-corrected chi connectivity index (χ0v) is 14.8. The first kappa shape index (κ1) is 18.7. The van der Waals surface area contributed by atoms with Crippen molar-refractivity contribution in [1.29, 1.82) is 0 Å². The SMILES string of the molecule is Cc1ccc(Nc2c(F)c(=O)n(C)c3ncn(CCCO)c(=O)c23)c(F)c1. The highest BCUT2D eigenvalue weighted by atomic mass is 19.1. The van der Waals surface area contributed by atoms with E-state index < -0.39 is 28.4 Å². The molecule has 3 aromatic rings. The van der Waals surface area contributed by atoms with Gasteiger partial charge in [-0.15, -0.1) is 0 Å². The minimum Gasteiger partial charge on any atom is -0.396 e. The Kier molecular flexibility index (Phi) is 5.04. The molecule has 0 aliphatic heterocycles. The van der Waals surface area contributed by atoms with E-state index in [1.807, 2.05) is 0 Å². The summed E-state index contributed by atoms with van der Waals surface area (Å²) in [7, 11) is 1.30. The quantitative estimate of drug-likeness (QED) is 0.709. The number of aliphatic hydroxyl groups excluding tert-OH is 1. The van der Waals surface area contributed by atoms with E-state index in [9.17, 15) is 18.4 Å². The van der Waals surface area contributed by atoms with Gasteiger partial charge in [0.05, 0.1) is 17.7 Å². The van der Waals surface area contributed by atoms with E-state index in [1.165, 1.54) is 30.1 Å². The lowest BCUT2D eigenvalue weighted by Crippen LogP contribution is -2.29. The van der Waals surface area contributed by atoms with Gasteiger partial charge < -0.3 is 10.4 Å². The Bertz CT molecular complexity index is 1140. The monoisotopic (exact) mass is 376 g/mol. The van der Waals surface area contributed by atoms with Crippen molar-refractivity contribution >= 4 is 22.4 Å². The van der Waals surface area contributed by atoms with Crippen LogP contribution in [0.1, 0.15) is 12.0 Å². The second-order valence-electron chi connectivity index (χ2n) is 6.18. The Morgan fingerprint density at radius 2 is 1.96 bits per heavy atom. The first-order valence-corrected chi connectivity index (χ1v) is 8.26. The van der Waals surface area contributed by atoms with Crippen LogP contribution in [0, 0.1) is 18.6 Å². The first-order valence-electron chi connectivity index (χ1n) is 8.26. The number of aliphatic hydroxyl groups is 1. The Hall–Kier alpha value is -3.07. The summed E-state index contributed by atoms with van der Waals surface area (Å²) in [5.74, 6) is -1.85. The van der Waals surface area contributed by atoms with Crippen molar-refractivity contribution in [2.45, 2.75) is 19.9 Å². The first-order chi connectivity index (χ1) is 12.8. The molecular formula is C18H18F2N4O3. The van der Waals surface area contributed by atoms with Crippen molar-refractivity contribution in [1.82, 2.24) is 14.1 Å². The van der Waals surface area contributed by atoms with Crippen LogP contribution in [0.25, 0.3) is 11.0 Å². The maximum Gasteiger partial charge on any atom is 0.290 e. The molecule has 7 nitrogen and oxygen atoms in total. The van der Waals surface area contributed by atoms with Gasteiger partial charge in [0.2, 0.25) is 5.82 Å². The number of anilines is 2. The van der Waals surface area contributed by atoms with Gasteiger partial charge >= 0.3 is 0 Å². The maximum absolute atomic E-state index is 14.7. The van der Waals surface area contributed by atoms with Crippen molar-refractivity contribution in [2.75, 3.05) is 11.9 Å². The molecule has 2 aromatic heterocycles. The molecule has 142 valence electrons. The molecule has 0 fully saturated rings. The van der Waals surface area contributed by atoms with Crippen LogP contribution in [-0.4, -0.2) is 25.8 Å². The van der Waals surface area contributed by atoms with E-state index in [4.69, 9.17) is 5.11 Å².